The molecule has 0 saturated heterocycles. The van der Waals surface area contributed by atoms with Crippen LogP contribution < -0.4 is 5.56 Å². The third-order valence-electron chi connectivity index (χ3n) is 3.31. The minimum atomic E-state index is -1.09. The Hall–Kier alpha value is -2.93. The third-order valence-corrected chi connectivity index (χ3v) is 3.60. The molecule has 2 aromatic heterocycles. The maximum Gasteiger partial charge on any atom is 0.335 e. The van der Waals surface area contributed by atoms with Crippen LogP contribution in [0.3, 0.4) is 0 Å². The Morgan fingerprint density at radius 1 is 1.39 bits per heavy atom. The summed E-state index contributed by atoms with van der Waals surface area (Å²) in [6.45, 7) is 0. The summed E-state index contributed by atoms with van der Waals surface area (Å²) in [5.74, 6) is -0.931. The Morgan fingerprint density at radius 3 is 2.83 bits per heavy atom. The molecule has 0 spiro atoms. The molecule has 0 saturated carbocycles. The fourth-order valence-electron chi connectivity index (χ4n) is 2.11. The molecular weight excluding hydrogens is 320 g/mol. The minimum absolute atomic E-state index is 0.0493. The monoisotopic (exact) mass is 330 g/mol. The normalized spacial score (nSPS) is 11.8. The lowest BCUT2D eigenvalue weighted by atomic mass is 10.1. The molecule has 0 fully saturated rings. The lowest BCUT2D eigenvalue weighted by Gasteiger charge is -2.03. The number of benzene rings is 1. The molecule has 0 unspecified atom stereocenters. The van der Waals surface area contributed by atoms with E-state index in [1.54, 1.807) is 30.1 Å². The van der Waals surface area contributed by atoms with Crippen LogP contribution in [0.1, 0.15) is 21.9 Å². The highest BCUT2D eigenvalue weighted by Gasteiger charge is 2.10. The van der Waals surface area contributed by atoms with Gasteiger partial charge in [-0.2, -0.15) is 5.10 Å². The molecule has 0 bridgehead atoms. The van der Waals surface area contributed by atoms with E-state index in [-0.39, 0.29) is 21.9 Å². The summed E-state index contributed by atoms with van der Waals surface area (Å²) in [5, 5.41) is 13.6. The van der Waals surface area contributed by atoms with Gasteiger partial charge in [-0.3, -0.25) is 9.48 Å². The average molecular weight is 331 g/mol. The third kappa shape index (κ3) is 2.86. The Balaban J connectivity index is 2.15. The number of carboxylic acids is 1. The molecule has 23 heavy (non-hydrogen) atoms. The van der Waals surface area contributed by atoms with Crippen molar-refractivity contribution < 1.29 is 9.90 Å². The first-order valence-electron chi connectivity index (χ1n) is 6.58. The highest BCUT2D eigenvalue weighted by atomic mass is 35.5. The van der Waals surface area contributed by atoms with Gasteiger partial charge in [0, 0.05) is 13.2 Å². The second-order valence-electron chi connectivity index (χ2n) is 4.82. The molecular formula is C15H11ClN4O3. The molecule has 116 valence electrons. The zero-order valence-corrected chi connectivity index (χ0v) is 12.7. The van der Waals surface area contributed by atoms with E-state index >= 15 is 0 Å². The van der Waals surface area contributed by atoms with E-state index < -0.39 is 11.5 Å². The fraction of sp³-hybridized carbons (Fsp3) is 0.0667. The van der Waals surface area contributed by atoms with E-state index in [1.807, 2.05) is 0 Å². The van der Waals surface area contributed by atoms with Crippen LogP contribution in [0.5, 0.6) is 0 Å². The smallest absolute Gasteiger partial charge is 0.335 e. The summed E-state index contributed by atoms with van der Waals surface area (Å²) in [4.78, 5) is 30.0. The van der Waals surface area contributed by atoms with Gasteiger partial charge in [0.2, 0.25) is 0 Å². The van der Waals surface area contributed by atoms with Crippen molar-refractivity contribution in [1.29, 1.82) is 0 Å². The van der Waals surface area contributed by atoms with E-state index in [4.69, 9.17) is 16.7 Å². The zero-order valence-electron chi connectivity index (χ0n) is 11.9. The predicted octanol–water partition coefficient (Wildman–Crippen LogP) is 2.09. The average Bonchev–Trinajstić information content (AvgIpc) is 2.91. The van der Waals surface area contributed by atoms with Crippen molar-refractivity contribution in [3.63, 3.8) is 0 Å². The quantitative estimate of drug-likeness (QED) is 0.765. The molecule has 0 radical (unpaired) electrons. The van der Waals surface area contributed by atoms with Gasteiger partial charge in [-0.1, -0.05) is 11.6 Å². The minimum Gasteiger partial charge on any atom is -0.478 e. The SMILES string of the molecule is Cn1nccc1/C=C(\Cl)c1nc2cc(C(=O)O)ccc2c(=O)[nH]1. The van der Waals surface area contributed by atoms with Crippen molar-refractivity contribution in [2.75, 3.05) is 0 Å². The number of halogens is 1. The number of aromatic nitrogens is 4. The number of carboxylic acid groups (broad SMARTS) is 1. The molecule has 3 rings (SSSR count). The fourth-order valence-corrected chi connectivity index (χ4v) is 2.31. The summed E-state index contributed by atoms with van der Waals surface area (Å²) in [6, 6.07) is 5.87. The first-order chi connectivity index (χ1) is 11.0. The zero-order chi connectivity index (χ0) is 16.6. The standard InChI is InChI=1S/C15H11ClN4O3/c1-20-9(4-5-17-20)7-11(16)13-18-12-6-8(15(22)23)2-3-10(12)14(21)19-13/h2-7H,1H3,(H,22,23)(H,18,19,21)/b11-7-. The summed E-state index contributed by atoms with van der Waals surface area (Å²) >= 11 is 6.22. The number of carbonyl (C=O) groups is 1. The second-order valence-corrected chi connectivity index (χ2v) is 5.23. The lowest BCUT2D eigenvalue weighted by Crippen LogP contribution is -2.11. The largest absolute Gasteiger partial charge is 0.478 e. The molecule has 0 atom stereocenters. The number of aryl methyl sites for hydroxylation is 1. The molecule has 2 N–H and O–H groups in total. The van der Waals surface area contributed by atoms with Crippen molar-refractivity contribution in [3.8, 4) is 0 Å². The molecule has 8 heteroatoms. The van der Waals surface area contributed by atoms with Crippen LogP contribution in [-0.2, 0) is 7.05 Å². The number of hydrogen-bond acceptors (Lipinski definition) is 4. The molecule has 0 aliphatic heterocycles. The summed E-state index contributed by atoms with van der Waals surface area (Å²) in [7, 11) is 1.76. The Morgan fingerprint density at radius 2 is 2.17 bits per heavy atom. The van der Waals surface area contributed by atoms with Gasteiger partial charge >= 0.3 is 5.97 Å². The Kier molecular flexibility index (Phi) is 3.71. The number of aromatic amines is 1. The van der Waals surface area contributed by atoms with Crippen LogP contribution in [0.15, 0.2) is 35.3 Å². The number of rotatable bonds is 3. The Labute approximate surface area is 134 Å². The molecule has 0 aliphatic rings. The van der Waals surface area contributed by atoms with Crippen LogP contribution >= 0.6 is 11.6 Å². The predicted molar refractivity (Wildman–Crippen MR) is 86.3 cm³/mol. The molecule has 2 heterocycles. The Bertz CT molecular complexity index is 1000. The maximum absolute atomic E-state index is 12.1. The van der Waals surface area contributed by atoms with E-state index in [1.165, 1.54) is 18.2 Å². The van der Waals surface area contributed by atoms with Crippen LogP contribution in [0.4, 0.5) is 0 Å². The molecule has 0 aliphatic carbocycles. The second kappa shape index (κ2) is 5.69. The van der Waals surface area contributed by atoms with Crippen LogP contribution in [0.25, 0.3) is 22.0 Å². The number of fused-ring (bicyclic) bond motifs is 1. The van der Waals surface area contributed by atoms with Crippen LogP contribution in [0.2, 0.25) is 0 Å². The number of H-pyrrole nitrogens is 1. The highest BCUT2D eigenvalue weighted by molar-refractivity contribution is 6.50. The maximum atomic E-state index is 12.1. The molecule has 1 aromatic carbocycles. The van der Waals surface area contributed by atoms with Gasteiger partial charge < -0.3 is 10.1 Å². The van der Waals surface area contributed by atoms with E-state index in [0.29, 0.717) is 5.39 Å². The highest BCUT2D eigenvalue weighted by Crippen LogP contribution is 2.20. The van der Waals surface area contributed by atoms with E-state index in [9.17, 15) is 9.59 Å². The summed E-state index contributed by atoms with van der Waals surface area (Å²) in [6.07, 6.45) is 3.23. The van der Waals surface area contributed by atoms with Crippen LogP contribution in [0, 0.1) is 0 Å². The van der Waals surface area contributed by atoms with Crippen molar-refractivity contribution >= 4 is 39.6 Å². The molecule has 0 amide bonds. The van der Waals surface area contributed by atoms with Crippen molar-refractivity contribution in [3.05, 3.63) is 57.9 Å². The van der Waals surface area contributed by atoms with Crippen molar-refractivity contribution in [1.82, 2.24) is 19.7 Å². The number of nitrogens with zero attached hydrogens (tertiary/aromatic N) is 3. The lowest BCUT2D eigenvalue weighted by molar-refractivity contribution is 0.0697. The molecule has 3 aromatic rings. The van der Waals surface area contributed by atoms with Gasteiger partial charge in [0.1, 0.15) is 0 Å². The van der Waals surface area contributed by atoms with Crippen molar-refractivity contribution in [2.45, 2.75) is 0 Å². The number of nitrogens with one attached hydrogen (secondary N) is 1. The first kappa shape index (κ1) is 15.0. The van der Waals surface area contributed by atoms with Crippen LogP contribution in [-0.4, -0.2) is 30.8 Å². The van der Waals surface area contributed by atoms with Crippen molar-refractivity contribution in [2.24, 2.45) is 7.05 Å². The topological polar surface area (TPSA) is 101 Å². The van der Waals surface area contributed by atoms with Gasteiger partial charge in [-0.15, -0.1) is 0 Å². The van der Waals surface area contributed by atoms with Gasteiger partial charge in [-0.05, 0) is 30.3 Å². The first-order valence-corrected chi connectivity index (χ1v) is 6.96. The number of aromatic carboxylic acids is 1. The summed E-state index contributed by atoms with van der Waals surface area (Å²) in [5.41, 5.74) is 0.657. The van der Waals surface area contributed by atoms with Gasteiger partial charge in [0.05, 0.1) is 27.2 Å². The summed E-state index contributed by atoms with van der Waals surface area (Å²) < 4.78 is 1.62. The van der Waals surface area contributed by atoms with Gasteiger partial charge in [0.15, 0.2) is 5.82 Å². The van der Waals surface area contributed by atoms with E-state index in [0.717, 1.165) is 5.69 Å². The van der Waals surface area contributed by atoms with Gasteiger partial charge in [-0.25, -0.2) is 9.78 Å². The molecule has 7 nitrogen and oxygen atoms in total. The van der Waals surface area contributed by atoms with Gasteiger partial charge in [0.25, 0.3) is 5.56 Å². The number of hydrogen-bond donors (Lipinski definition) is 2. The van der Waals surface area contributed by atoms with E-state index in [2.05, 4.69) is 15.1 Å².